The summed E-state index contributed by atoms with van der Waals surface area (Å²) >= 11 is 0. The molecule has 0 saturated carbocycles. The lowest BCUT2D eigenvalue weighted by Gasteiger charge is -2.22. The number of nitriles is 1. The van der Waals surface area contributed by atoms with Crippen LogP contribution in [0.3, 0.4) is 0 Å². The van der Waals surface area contributed by atoms with Gasteiger partial charge in [0.15, 0.2) is 17.6 Å². The third kappa shape index (κ3) is 4.54. The molecule has 9 heteroatoms. The Hall–Kier alpha value is -4.03. The van der Waals surface area contributed by atoms with Crippen molar-refractivity contribution in [2.75, 3.05) is 12.4 Å². The van der Waals surface area contributed by atoms with Gasteiger partial charge in [-0.25, -0.2) is 8.42 Å². The minimum atomic E-state index is -3.60. The summed E-state index contributed by atoms with van der Waals surface area (Å²) in [4.78, 5) is 11.7. The number of sulfonamides is 1. The molecule has 0 bridgehead atoms. The third-order valence-electron chi connectivity index (χ3n) is 5.70. The van der Waals surface area contributed by atoms with Crippen LogP contribution < -0.4 is 18.9 Å². The van der Waals surface area contributed by atoms with E-state index in [4.69, 9.17) is 19.5 Å². The molecular formula is C25H20N2O6S. The fourth-order valence-corrected chi connectivity index (χ4v) is 5.45. The van der Waals surface area contributed by atoms with Crippen molar-refractivity contribution >= 4 is 15.9 Å². The Balaban J connectivity index is 1.29. The van der Waals surface area contributed by atoms with Gasteiger partial charge in [0.1, 0.15) is 18.1 Å². The molecule has 0 radical (unpaired) electrons. The number of nitrogens with zero attached hydrogens (tertiary/aromatic N) is 1. The second-order valence-corrected chi connectivity index (χ2v) is 9.87. The van der Waals surface area contributed by atoms with Crippen LogP contribution in [0.25, 0.3) is 0 Å². The molecule has 34 heavy (non-hydrogen) atoms. The Morgan fingerprint density at radius 1 is 1.00 bits per heavy atom. The van der Waals surface area contributed by atoms with E-state index in [0.29, 0.717) is 35.2 Å². The molecule has 2 aliphatic heterocycles. The van der Waals surface area contributed by atoms with E-state index in [1.165, 1.54) is 0 Å². The Bertz CT molecular complexity index is 1380. The van der Waals surface area contributed by atoms with Crippen molar-refractivity contribution in [3.8, 4) is 29.1 Å². The van der Waals surface area contributed by atoms with Crippen molar-refractivity contribution in [3.63, 3.8) is 0 Å². The van der Waals surface area contributed by atoms with Crippen molar-refractivity contribution in [1.29, 1.82) is 5.26 Å². The maximum Gasteiger partial charge on any atom is 0.235 e. The van der Waals surface area contributed by atoms with E-state index < -0.39 is 15.9 Å². The average Bonchev–Trinajstić information content (AvgIpc) is 3.22. The van der Waals surface area contributed by atoms with Gasteiger partial charge >= 0.3 is 0 Å². The smallest absolute Gasteiger partial charge is 0.235 e. The van der Waals surface area contributed by atoms with Gasteiger partial charge < -0.3 is 14.2 Å². The summed E-state index contributed by atoms with van der Waals surface area (Å²) in [5, 5.41) is 8.94. The number of ether oxygens (including phenoxy) is 3. The number of amides is 1. The molecule has 1 unspecified atom stereocenters. The lowest BCUT2D eigenvalue weighted by atomic mass is 9.97. The van der Waals surface area contributed by atoms with Gasteiger partial charge in [-0.05, 0) is 48.0 Å². The quantitative estimate of drug-likeness (QED) is 0.596. The molecule has 1 saturated heterocycles. The summed E-state index contributed by atoms with van der Waals surface area (Å²) in [5.74, 6) is 1.36. The van der Waals surface area contributed by atoms with Crippen molar-refractivity contribution < 1.29 is 27.4 Å². The molecule has 2 aliphatic rings. The third-order valence-corrected chi connectivity index (χ3v) is 7.08. The van der Waals surface area contributed by atoms with E-state index in [2.05, 4.69) is 6.07 Å². The first kappa shape index (κ1) is 21.8. The second kappa shape index (κ2) is 8.72. The van der Waals surface area contributed by atoms with E-state index in [-0.39, 0.29) is 24.2 Å². The maximum absolute atomic E-state index is 11.8. The highest BCUT2D eigenvalue weighted by Gasteiger charge is 2.31. The van der Waals surface area contributed by atoms with Gasteiger partial charge in [-0.1, -0.05) is 24.3 Å². The number of nitrogens with one attached hydrogen (secondary N) is 1. The number of carbonyl (C=O) groups is 1. The predicted molar refractivity (Wildman–Crippen MR) is 122 cm³/mol. The number of hydrogen-bond acceptors (Lipinski definition) is 7. The fourth-order valence-electron chi connectivity index (χ4n) is 4.09. The van der Waals surface area contributed by atoms with Crippen molar-refractivity contribution in [2.24, 2.45) is 0 Å². The van der Waals surface area contributed by atoms with Gasteiger partial charge in [0.05, 0.1) is 17.4 Å². The molecule has 2 atom stereocenters. The molecule has 5 rings (SSSR count). The predicted octanol–water partition coefficient (Wildman–Crippen LogP) is 3.80. The van der Waals surface area contributed by atoms with E-state index in [9.17, 15) is 13.2 Å². The topological polar surface area (TPSA) is 115 Å². The van der Waals surface area contributed by atoms with Crippen molar-refractivity contribution in [1.82, 2.24) is 4.72 Å². The van der Waals surface area contributed by atoms with Crippen LogP contribution in [-0.4, -0.2) is 26.7 Å². The van der Waals surface area contributed by atoms with E-state index in [1.54, 1.807) is 48.5 Å². The van der Waals surface area contributed by atoms with E-state index in [1.807, 2.05) is 22.9 Å². The number of fused-ring (bicyclic) bond motifs is 1. The highest BCUT2D eigenvalue weighted by Crippen LogP contribution is 2.43. The normalized spacial score (nSPS) is 20.4. The fraction of sp³-hybridized carbons (Fsp3) is 0.200. The molecule has 1 amide bonds. The largest absolute Gasteiger partial charge is 0.485 e. The number of hydrogen-bond donors (Lipinski definition) is 1. The number of para-hydroxylation sites is 1. The van der Waals surface area contributed by atoms with Gasteiger partial charge in [-0.15, -0.1) is 0 Å². The molecule has 2 heterocycles. The van der Waals surface area contributed by atoms with Gasteiger partial charge in [-0.2, -0.15) is 5.26 Å². The first-order chi connectivity index (χ1) is 16.4. The number of benzene rings is 3. The van der Waals surface area contributed by atoms with Gasteiger partial charge in [0.25, 0.3) is 0 Å². The monoisotopic (exact) mass is 476 g/mol. The minimum absolute atomic E-state index is 0.120. The van der Waals surface area contributed by atoms with Crippen molar-refractivity contribution in [2.45, 2.75) is 18.4 Å². The maximum atomic E-state index is 11.8. The second-order valence-electron chi connectivity index (χ2n) is 8.11. The van der Waals surface area contributed by atoms with Crippen LogP contribution in [0.2, 0.25) is 0 Å². The SMILES string of the molecule is N#Cc1ccc(Oc2cccc3c2OC[C@H]3Oc2ccc(C3CC(=O)NS(=O)(=O)C3)cc2)cc1. The molecule has 0 aliphatic carbocycles. The Morgan fingerprint density at radius 3 is 2.44 bits per heavy atom. The summed E-state index contributed by atoms with van der Waals surface area (Å²) in [5.41, 5.74) is 2.17. The standard InChI is InChI=1S/C25H20N2O6S/c26-13-16-4-8-19(9-5-16)32-22-3-1-2-21-23(14-31-25(21)22)33-20-10-6-17(7-11-20)18-12-24(28)27-34(29,30)15-18/h1-11,18,23H,12,14-15H2,(H,27,28)/t18?,23-/m1/s1. The molecular weight excluding hydrogens is 456 g/mol. The Kier molecular flexibility index (Phi) is 5.59. The molecule has 172 valence electrons. The molecule has 0 aromatic heterocycles. The summed E-state index contributed by atoms with van der Waals surface area (Å²) in [6, 6.07) is 21.6. The summed E-state index contributed by atoms with van der Waals surface area (Å²) < 4.78 is 43.6. The van der Waals surface area contributed by atoms with Gasteiger partial charge in [0.2, 0.25) is 15.9 Å². The molecule has 3 aromatic rings. The Morgan fingerprint density at radius 2 is 1.74 bits per heavy atom. The Labute approximate surface area is 196 Å². The zero-order chi connectivity index (χ0) is 23.7. The van der Waals surface area contributed by atoms with E-state index >= 15 is 0 Å². The zero-order valence-corrected chi connectivity index (χ0v) is 18.7. The number of rotatable bonds is 5. The molecule has 1 fully saturated rings. The summed E-state index contributed by atoms with van der Waals surface area (Å²) in [6.45, 7) is 0.311. The molecule has 1 N–H and O–H groups in total. The number of carbonyl (C=O) groups excluding carboxylic acids is 1. The average molecular weight is 477 g/mol. The molecule has 0 spiro atoms. The van der Waals surface area contributed by atoms with Crippen LogP contribution in [0.15, 0.2) is 66.7 Å². The van der Waals surface area contributed by atoms with Crippen LogP contribution in [0.1, 0.15) is 35.1 Å². The van der Waals surface area contributed by atoms with Gasteiger partial charge in [0, 0.05) is 17.9 Å². The van der Waals surface area contributed by atoms with Gasteiger partial charge in [-0.3, -0.25) is 9.52 Å². The van der Waals surface area contributed by atoms with Crippen LogP contribution >= 0.6 is 0 Å². The summed E-state index contributed by atoms with van der Waals surface area (Å²) in [6.07, 6.45) is -0.211. The lowest BCUT2D eigenvalue weighted by Crippen LogP contribution is -2.40. The first-order valence-electron chi connectivity index (χ1n) is 10.6. The minimum Gasteiger partial charge on any atom is -0.485 e. The van der Waals surface area contributed by atoms with Crippen LogP contribution in [0, 0.1) is 11.3 Å². The van der Waals surface area contributed by atoms with Crippen LogP contribution in [0.5, 0.6) is 23.0 Å². The first-order valence-corrected chi connectivity index (χ1v) is 12.3. The van der Waals surface area contributed by atoms with Crippen LogP contribution in [0.4, 0.5) is 0 Å². The van der Waals surface area contributed by atoms with Crippen LogP contribution in [-0.2, 0) is 14.8 Å². The highest BCUT2D eigenvalue weighted by atomic mass is 32.2. The van der Waals surface area contributed by atoms with E-state index in [0.717, 1.165) is 11.1 Å². The highest BCUT2D eigenvalue weighted by molar-refractivity contribution is 7.90. The molecule has 8 nitrogen and oxygen atoms in total. The summed E-state index contributed by atoms with van der Waals surface area (Å²) in [7, 11) is -3.60. The lowest BCUT2D eigenvalue weighted by molar-refractivity contribution is -0.119. The molecule has 3 aromatic carbocycles. The van der Waals surface area contributed by atoms with Crippen molar-refractivity contribution in [3.05, 3.63) is 83.4 Å². The zero-order valence-electron chi connectivity index (χ0n) is 17.9.